The number of rotatable bonds is 11. The molecule has 0 radical (unpaired) electrons. The number of hydrogen-bond acceptors (Lipinski definition) is 5. The van der Waals surface area contributed by atoms with Crippen molar-refractivity contribution in [2.75, 3.05) is 19.3 Å². The number of amides is 3. The van der Waals surface area contributed by atoms with Gasteiger partial charge in [0.15, 0.2) is 0 Å². The Bertz CT molecular complexity index is 753. The van der Waals surface area contributed by atoms with Crippen LogP contribution in [0.2, 0.25) is 0 Å². The zero-order valence-electron chi connectivity index (χ0n) is 17.2. The van der Waals surface area contributed by atoms with Gasteiger partial charge in [0.1, 0.15) is 6.04 Å². The molecule has 2 heterocycles. The Kier molecular flexibility index (Phi) is 8.12. The maximum Gasteiger partial charge on any atom is 0.255 e. The van der Waals surface area contributed by atoms with Crippen molar-refractivity contribution >= 4 is 29.5 Å². The molecule has 29 heavy (non-hydrogen) atoms. The van der Waals surface area contributed by atoms with E-state index in [-0.39, 0.29) is 24.1 Å². The molecule has 158 valence electrons. The molecular weight excluding hydrogens is 386 g/mol. The van der Waals surface area contributed by atoms with Gasteiger partial charge in [-0.25, -0.2) is 0 Å². The second kappa shape index (κ2) is 10.8. The van der Waals surface area contributed by atoms with E-state index in [1.54, 1.807) is 16.7 Å². The van der Waals surface area contributed by atoms with Gasteiger partial charge in [0.2, 0.25) is 11.8 Å². The summed E-state index contributed by atoms with van der Waals surface area (Å²) < 4.78 is 0. The number of fused-ring (bicyclic) bond motifs is 1. The van der Waals surface area contributed by atoms with Crippen LogP contribution in [-0.4, -0.2) is 48.0 Å². The predicted molar refractivity (Wildman–Crippen MR) is 115 cm³/mol. The summed E-state index contributed by atoms with van der Waals surface area (Å²) in [7, 11) is 2.00. The van der Waals surface area contributed by atoms with Crippen LogP contribution in [0.3, 0.4) is 0 Å². The molecule has 1 atom stereocenters. The molecule has 1 fully saturated rings. The number of hydrogen-bond donors (Lipinski definition) is 2. The summed E-state index contributed by atoms with van der Waals surface area (Å²) in [5, 5.41) is 5.54. The van der Waals surface area contributed by atoms with Crippen molar-refractivity contribution < 1.29 is 14.4 Å². The third kappa shape index (κ3) is 5.60. The van der Waals surface area contributed by atoms with Gasteiger partial charge in [-0.05, 0) is 56.3 Å². The molecule has 0 aliphatic carbocycles. The Labute approximate surface area is 177 Å². The minimum absolute atomic E-state index is 0.0986. The third-order valence-electron chi connectivity index (χ3n) is 5.62. The number of carbonyl (C=O) groups is 3. The first-order valence-corrected chi connectivity index (χ1v) is 11.6. The summed E-state index contributed by atoms with van der Waals surface area (Å²) in [5.41, 5.74) is 1.73. The highest BCUT2D eigenvalue weighted by atomic mass is 32.2. The summed E-state index contributed by atoms with van der Waals surface area (Å²) in [5.74, 6) is 0.332. The van der Waals surface area contributed by atoms with Crippen molar-refractivity contribution in [3.63, 3.8) is 0 Å². The van der Waals surface area contributed by atoms with E-state index in [0.29, 0.717) is 18.5 Å². The Balaban J connectivity index is 1.49. The Hall–Kier alpha value is -1.86. The van der Waals surface area contributed by atoms with Crippen LogP contribution in [0.25, 0.3) is 0 Å². The molecule has 0 saturated carbocycles. The van der Waals surface area contributed by atoms with Crippen LogP contribution in [-0.2, 0) is 16.1 Å². The molecule has 0 spiro atoms. The molecule has 2 aliphatic rings. The lowest BCUT2D eigenvalue weighted by Gasteiger charge is -2.29. The highest BCUT2D eigenvalue weighted by molar-refractivity contribution is 7.99. The summed E-state index contributed by atoms with van der Waals surface area (Å²) >= 11 is 1.81. The highest BCUT2D eigenvalue weighted by Crippen LogP contribution is 2.34. The van der Waals surface area contributed by atoms with Crippen LogP contribution in [0, 0.1) is 0 Å². The molecule has 1 aromatic carbocycles. The number of benzene rings is 1. The molecule has 1 unspecified atom stereocenters. The van der Waals surface area contributed by atoms with Gasteiger partial charge < -0.3 is 10.2 Å². The minimum atomic E-state index is -0.548. The molecule has 0 aromatic heterocycles. The number of nitrogens with zero attached hydrogens (tertiary/aromatic N) is 1. The number of piperidine rings is 1. The van der Waals surface area contributed by atoms with E-state index in [1.165, 1.54) is 38.5 Å². The van der Waals surface area contributed by atoms with Gasteiger partial charge >= 0.3 is 0 Å². The maximum atomic E-state index is 12.8. The lowest BCUT2D eigenvalue weighted by atomic mass is 10.0. The van der Waals surface area contributed by atoms with Crippen molar-refractivity contribution in [2.45, 2.75) is 68.8 Å². The standard InChI is InChI=1S/C22H31N3O3S/c1-23-13-6-4-2-3-5-7-14-29-19-10-8-9-16-17(19)15-25(22(16)28)18-11-12-20(26)24-21(18)27/h8-10,18,23H,2-7,11-15H2,1H3,(H,24,26,27). The minimum Gasteiger partial charge on any atom is -0.322 e. The van der Waals surface area contributed by atoms with Gasteiger partial charge in [-0.2, -0.15) is 0 Å². The van der Waals surface area contributed by atoms with Crippen molar-refractivity contribution in [1.82, 2.24) is 15.5 Å². The fraction of sp³-hybridized carbons (Fsp3) is 0.591. The molecule has 0 bridgehead atoms. The van der Waals surface area contributed by atoms with Crippen LogP contribution in [0.15, 0.2) is 23.1 Å². The Morgan fingerprint density at radius 2 is 1.86 bits per heavy atom. The fourth-order valence-corrected chi connectivity index (χ4v) is 5.08. The van der Waals surface area contributed by atoms with Crippen LogP contribution >= 0.6 is 11.8 Å². The topological polar surface area (TPSA) is 78.5 Å². The molecule has 2 N–H and O–H groups in total. The van der Waals surface area contributed by atoms with Gasteiger partial charge in [0.05, 0.1) is 0 Å². The Morgan fingerprint density at radius 3 is 2.62 bits per heavy atom. The van der Waals surface area contributed by atoms with E-state index in [2.05, 4.69) is 16.7 Å². The summed E-state index contributed by atoms with van der Waals surface area (Å²) in [6.07, 6.45) is 8.21. The number of imide groups is 1. The molecule has 3 amide bonds. The lowest BCUT2D eigenvalue weighted by molar-refractivity contribution is -0.136. The van der Waals surface area contributed by atoms with E-state index in [1.807, 2.05) is 19.2 Å². The molecule has 1 aromatic rings. The average molecular weight is 418 g/mol. The summed E-state index contributed by atoms with van der Waals surface area (Å²) in [6, 6.07) is 5.30. The second-order valence-electron chi connectivity index (χ2n) is 7.76. The largest absolute Gasteiger partial charge is 0.322 e. The van der Waals surface area contributed by atoms with Crippen molar-refractivity contribution in [3.05, 3.63) is 29.3 Å². The quantitative estimate of drug-likeness (QED) is 0.329. The van der Waals surface area contributed by atoms with Crippen molar-refractivity contribution in [2.24, 2.45) is 0 Å². The molecular formula is C22H31N3O3S. The van der Waals surface area contributed by atoms with Gasteiger partial charge in [0, 0.05) is 23.4 Å². The Morgan fingerprint density at radius 1 is 1.10 bits per heavy atom. The first-order chi connectivity index (χ1) is 14.1. The lowest BCUT2D eigenvalue weighted by Crippen LogP contribution is -2.52. The molecule has 6 nitrogen and oxygen atoms in total. The normalized spacial score (nSPS) is 18.9. The van der Waals surface area contributed by atoms with Crippen LogP contribution in [0.4, 0.5) is 0 Å². The molecule has 2 aliphatic heterocycles. The van der Waals surface area contributed by atoms with Crippen LogP contribution in [0.1, 0.15) is 67.3 Å². The molecule has 3 rings (SSSR count). The number of nitrogens with one attached hydrogen (secondary N) is 2. The van der Waals surface area contributed by atoms with Crippen molar-refractivity contribution in [1.29, 1.82) is 0 Å². The zero-order chi connectivity index (χ0) is 20.6. The van der Waals surface area contributed by atoms with E-state index in [9.17, 15) is 14.4 Å². The molecule has 1 saturated heterocycles. The number of unbranched alkanes of at least 4 members (excludes halogenated alkanes) is 5. The predicted octanol–water partition coefficient (Wildman–Crippen LogP) is 3.10. The average Bonchev–Trinajstić information content (AvgIpc) is 3.04. The first kappa shape index (κ1) is 21.8. The van der Waals surface area contributed by atoms with Gasteiger partial charge in [-0.3, -0.25) is 19.7 Å². The first-order valence-electron chi connectivity index (χ1n) is 10.7. The monoisotopic (exact) mass is 417 g/mol. The van der Waals surface area contributed by atoms with E-state index >= 15 is 0 Å². The van der Waals surface area contributed by atoms with Gasteiger partial charge in [-0.15, -0.1) is 11.8 Å². The van der Waals surface area contributed by atoms with Crippen LogP contribution in [0.5, 0.6) is 0 Å². The van der Waals surface area contributed by atoms with E-state index in [4.69, 9.17) is 0 Å². The van der Waals surface area contributed by atoms with E-state index in [0.717, 1.165) is 22.8 Å². The molecule has 7 heteroatoms. The summed E-state index contributed by atoms with van der Waals surface area (Å²) in [6.45, 7) is 1.55. The van der Waals surface area contributed by atoms with Gasteiger partial charge in [-0.1, -0.05) is 31.7 Å². The smallest absolute Gasteiger partial charge is 0.255 e. The SMILES string of the molecule is CNCCCCCCCCSc1cccc2c1CN(C1CCC(=O)NC1=O)C2=O. The van der Waals surface area contributed by atoms with E-state index < -0.39 is 6.04 Å². The number of carbonyl (C=O) groups excluding carboxylic acids is 3. The highest BCUT2D eigenvalue weighted by Gasteiger charge is 2.39. The maximum absolute atomic E-state index is 12.8. The van der Waals surface area contributed by atoms with Gasteiger partial charge in [0.25, 0.3) is 5.91 Å². The van der Waals surface area contributed by atoms with Crippen molar-refractivity contribution in [3.8, 4) is 0 Å². The fourth-order valence-electron chi connectivity index (χ4n) is 3.99. The second-order valence-corrected chi connectivity index (χ2v) is 8.89. The summed E-state index contributed by atoms with van der Waals surface area (Å²) in [4.78, 5) is 39.2. The number of thioether (sulfide) groups is 1. The van der Waals surface area contributed by atoms with Crippen LogP contribution < -0.4 is 10.6 Å². The zero-order valence-corrected chi connectivity index (χ0v) is 18.0. The third-order valence-corrected chi connectivity index (χ3v) is 6.80.